The van der Waals surface area contributed by atoms with Crippen molar-refractivity contribution in [3.05, 3.63) is 64.8 Å². The lowest BCUT2D eigenvalue weighted by Gasteiger charge is -2.25. The third-order valence-electron chi connectivity index (χ3n) is 5.43. The predicted molar refractivity (Wildman–Crippen MR) is 95.7 cm³/mol. The minimum atomic E-state index is -0.650. The van der Waals surface area contributed by atoms with Gasteiger partial charge in [0.15, 0.2) is 0 Å². The van der Waals surface area contributed by atoms with E-state index in [0.717, 1.165) is 18.4 Å². The maximum Gasteiger partial charge on any atom is 0.131 e. The highest BCUT2D eigenvalue weighted by Crippen LogP contribution is 2.33. The van der Waals surface area contributed by atoms with Crippen molar-refractivity contribution in [3.8, 4) is 11.1 Å². The molecule has 0 amide bonds. The summed E-state index contributed by atoms with van der Waals surface area (Å²) in [7, 11) is 0. The molecule has 0 unspecified atom stereocenters. The average Bonchev–Trinajstić information content (AvgIpc) is 2.59. The lowest BCUT2D eigenvalue weighted by molar-refractivity contribution is 0.358. The molecule has 25 heavy (non-hydrogen) atoms. The second kappa shape index (κ2) is 7.63. The Bertz CT molecular complexity index is 720. The quantitative estimate of drug-likeness (QED) is 0.572. The Morgan fingerprint density at radius 1 is 0.880 bits per heavy atom. The fraction of sp³-hybridized carbons (Fsp3) is 0.409. The van der Waals surface area contributed by atoms with Gasteiger partial charge in [0.25, 0.3) is 0 Å². The summed E-state index contributed by atoms with van der Waals surface area (Å²) in [5.41, 5.74) is 1.38. The Morgan fingerprint density at radius 2 is 1.52 bits per heavy atom. The van der Waals surface area contributed by atoms with Gasteiger partial charge in [-0.15, -0.1) is 0 Å². The van der Waals surface area contributed by atoms with E-state index in [1.807, 2.05) is 6.07 Å². The first-order valence-electron chi connectivity index (χ1n) is 9.00. The van der Waals surface area contributed by atoms with Crippen molar-refractivity contribution in [3.63, 3.8) is 0 Å². The molecule has 0 saturated heterocycles. The van der Waals surface area contributed by atoms with Crippen LogP contribution in [0.1, 0.15) is 50.2 Å². The fourth-order valence-electron chi connectivity index (χ4n) is 3.58. The molecule has 0 bridgehead atoms. The van der Waals surface area contributed by atoms with E-state index >= 15 is 0 Å². The molecule has 2 aromatic rings. The van der Waals surface area contributed by atoms with Gasteiger partial charge in [-0.1, -0.05) is 19.1 Å². The van der Waals surface area contributed by atoms with Crippen molar-refractivity contribution >= 4 is 0 Å². The number of hydrogen-bond acceptors (Lipinski definition) is 0. The van der Waals surface area contributed by atoms with E-state index in [4.69, 9.17) is 0 Å². The molecule has 3 rings (SSSR count). The largest absolute Gasteiger partial charge is 0.207 e. The summed E-state index contributed by atoms with van der Waals surface area (Å²) in [6.45, 7) is 3.60. The van der Waals surface area contributed by atoms with E-state index in [1.165, 1.54) is 50.8 Å². The van der Waals surface area contributed by atoms with Gasteiger partial charge < -0.3 is 0 Å². The molecule has 1 aliphatic rings. The summed E-state index contributed by atoms with van der Waals surface area (Å²) < 4.78 is 41.9. The first-order valence-corrected chi connectivity index (χ1v) is 9.00. The molecule has 0 spiro atoms. The Balaban J connectivity index is 1.71. The number of rotatable bonds is 4. The molecule has 0 aromatic heterocycles. The Labute approximate surface area is 148 Å². The van der Waals surface area contributed by atoms with Gasteiger partial charge in [-0.25, -0.2) is 13.2 Å². The molecule has 2 aromatic carbocycles. The zero-order valence-electron chi connectivity index (χ0n) is 14.8. The Morgan fingerprint density at radius 3 is 2.12 bits per heavy atom. The zero-order chi connectivity index (χ0) is 18.0. The third-order valence-corrected chi connectivity index (χ3v) is 5.43. The second-order valence-corrected chi connectivity index (χ2v) is 7.32. The van der Waals surface area contributed by atoms with Crippen LogP contribution in [0.15, 0.2) is 30.3 Å². The molecular weight excluding hydrogens is 321 g/mol. The maximum absolute atomic E-state index is 14.5. The lowest BCUT2D eigenvalue weighted by atomic mass is 9.80. The molecule has 1 aliphatic carbocycles. The van der Waals surface area contributed by atoms with Crippen LogP contribution in [0.25, 0.3) is 11.1 Å². The summed E-state index contributed by atoms with van der Waals surface area (Å²) in [5.74, 6) is 0.578. The van der Waals surface area contributed by atoms with E-state index < -0.39 is 17.5 Å². The second-order valence-electron chi connectivity index (χ2n) is 7.32. The molecule has 3 heteroatoms. The summed E-state index contributed by atoms with van der Waals surface area (Å²) in [4.78, 5) is 0. The van der Waals surface area contributed by atoms with Gasteiger partial charge in [-0.05, 0) is 86.6 Å². The van der Waals surface area contributed by atoms with Crippen molar-refractivity contribution in [2.75, 3.05) is 0 Å². The molecule has 0 atom stereocenters. The van der Waals surface area contributed by atoms with Crippen molar-refractivity contribution in [1.29, 1.82) is 0 Å². The first kappa shape index (κ1) is 18.0. The number of aryl methyl sites for hydroxylation is 1. The minimum absolute atomic E-state index is 0.0410. The van der Waals surface area contributed by atoms with Gasteiger partial charge in [-0.3, -0.25) is 0 Å². The van der Waals surface area contributed by atoms with Crippen LogP contribution in [0.3, 0.4) is 0 Å². The molecule has 1 saturated carbocycles. The van der Waals surface area contributed by atoms with E-state index in [1.54, 1.807) is 12.0 Å². The smallest absolute Gasteiger partial charge is 0.131 e. The summed E-state index contributed by atoms with van der Waals surface area (Å²) in [5, 5.41) is 0. The van der Waals surface area contributed by atoms with Crippen LogP contribution in [0.2, 0.25) is 0 Å². The van der Waals surface area contributed by atoms with Gasteiger partial charge in [0.1, 0.15) is 17.5 Å². The summed E-state index contributed by atoms with van der Waals surface area (Å²) in [6.07, 6.45) is 6.80. The highest BCUT2D eigenvalue weighted by Gasteiger charge is 2.18. The summed E-state index contributed by atoms with van der Waals surface area (Å²) >= 11 is 0. The summed E-state index contributed by atoms with van der Waals surface area (Å²) in [6, 6.07) is 7.39. The molecule has 0 nitrogen and oxygen atoms in total. The molecule has 0 aliphatic heterocycles. The van der Waals surface area contributed by atoms with Gasteiger partial charge >= 0.3 is 0 Å². The molecule has 0 heterocycles. The topological polar surface area (TPSA) is 0 Å². The fourth-order valence-corrected chi connectivity index (χ4v) is 3.58. The third kappa shape index (κ3) is 4.26. The monoisotopic (exact) mass is 345 g/mol. The van der Waals surface area contributed by atoms with E-state index in [-0.39, 0.29) is 16.7 Å². The van der Waals surface area contributed by atoms with Crippen LogP contribution >= 0.6 is 0 Å². The number of benzene rings is 2. The predicted octanol–water partition coefficient (Wildman–Crippen LogP) is 6.80. The Hall–Kier alpha value is -1.77. The van der Waals surface area contributed by atoms with Crippen LogP contribution in [-0.4, -0.2) is 0 Å². The van der Waals surface area contributed by atoms with Crippen LogP contribution in [0, 0.1) is 36.2 Å². The van der Waals surface area contributed by atoms with Crippen LogP contribution in [0.4, 0.5) is 13.2 Å². The van der Waals surface area contributed by atoms with Gasteiger partial charge in [0.05, 0.1) is 0 Å². The standard InChI is InChI=1S/C22H24F3/c1-14-3-5-16(6-4-14)7-8-17-9-10-19(22(25)11-17)18-12-20(23)15(2)21(24)13-18/h9-13,16H,3-8H2,1-2H3. The number of hydrogen-bond donors (Lipinski definition) is 0. The average molecular weight is 345 g/mol. The van der Waals surface area contributed by atoms with Gasteiger partial charge in [0.2, 0.25) is 0 Å². The maximum atomic E-state index is 14.5. The van der Waals surface area contributed by atoms with Crippen molar-refractivity contribution in [1.82, 2.24) is 0 Å². The highest BCUT2D eigenvalue weighted by atomic mass is 19.1. The van der Waals surface area contributed by atoms with Crippen molar-refractivity contribution in [2.45, 2.75) is 52.4 Å². The molecule has 1 radical (unpaired) electrons. The van der Waals surface area contributed by atoms with Crippen molar-refractivity contribution < 1.29 is 13.2 Å². The van der Waals surface area contributed by atoms with Crippen LogP contribution in [0.5, 0.6) is 0 Å². The molecule has 133 valence electrons. The molecular formula is C22H24F3. The van der Waals surface area contributed by atoms with Crippen molar-refractivity contribution in [2.24, 2.45) is 5.92 Å². The minimum Gasteiger partial charge on any atom is -0.207 e. The normalized spacial score (nSPS) is 16.4. The van der Waals surface area contributed by atoms with Gasteiger partial charge in [0, 0.05) is 11.1 Å². The SMILES string of the molecule is C[C]1CCC(CCc2ccc(-c3cc(F)c(C)c(F)c3)c(F)c2)CC1. The van der Waals surface area contributed by atoms with Gasteiger partial charge in [-0.2, -0.15) is 0 Å². The molecule has 1 fully saturated rings. The zero-order valence-corrected chi connectivity index (χ0v) is 14.8. The van der Waals surface area contributed by atoms with Crippen LogP contribution < -0.4 is 0 Å². The van der Waals surface area contributed by atoms with E-state index in [0.29, 0.717) is 5.92 Å². The number of halogens is 3. The van der Waals surface area contributed by atoms with E-state index in [9.17, 15) is 13.2 Å². The lowest BCUT2D eigenvalue weighted by Crippen LogP contribution is -2.11. The Kier molecular flexibility index (Phi) is 5.51. The highest BCUT2D eigenvalue weighted by molar-refractivity contribution is 5.65. The first-order chi connectivity index (χ1) is 11.9. The van der Waals surface area contributed by atoms with Crippen LogP contribution in [-0.2, 0) is 6.42 Å². The molecule has 0 N–H and O–H groups in total. The van der Waals surface area contributed by atoms with E-state index in [2.05, 4.69) is 6.92 Å².